The summed E-state index contributed by atoms with van der Waals surface area (Å²) in [6.45, 7) is 12.2. The number of rotatable bonds is 8. The molecule has 2 unspecified atom stereocenters. The number of aliphatic hydroxyl groups excluding tert-OH is 1. The Labute approximate surface area is 112 Å². The zero-order chi connectivity index (χ0) is 14.3. The lowest BCUT2D eigenvalue weighted by Crippen LogP contribution is -2.43. The third-order valence-corrected chi connectivity index (χ3v) is 4.19. The van der Waals surface area contributed by atoms with Crippen molar-refractivity contribution in [1.82, 2.24) is 0 Å². The second-order valence-electron chi connectivity index (χ2n) is 5.66. The molecular formula is C15H30O3. The smallest absolute Gasteiger partial charge is 0.308 e. The molecular weight excluding hydrogens is 228 g/mol. The van der Waals surface area contributed by atoms with Gasteiger partial charge in [0, 0.05) is 5.41 Å². The zero-order valence-electron chi connectivity index (χ0n) is 12.8. The minimum Gasteiger partial charge on any atom is -0.465 e. The lowest BCUT2D eigenvalue weighted by molar-refractivity contribution is -0.156. The van der Waals surface area contributed by atoms with Crippen LogP contribution in [0.3, 0.4) is 0 Å². The summed E-state index contributed by atoms with van der Waals surface area (Å²) in [5, 5.41) is 10.5. The van der Waals surface area contributed by atoms with Crippen LogP contribution in [0.1, 0.15) is 60.8 Å². The van der Waals surface area contributed by atoms with Crippen molar-refractivity contribution < 1.29 is 14.6 Å². The van der Waals surface area contributed by atoms with E-state index in [0.29, 0.717) is 6.61 Å². The third-order valence-electron chi connectivity index (χ3n) is 4.19. The SMILES string of the molecule is CCC(C)C(O)C(CC)(CC)COC(=O)C(C)C. The van der Waals surface area contributed by atoms with Crippen molar-refractivity contribution in [1.29, 1.82) is 0 Å². The molecule has 1 N–H and O–H groups in total. The van der Waals surface area contributed by atoms with E-state index < -0.39 is 6.10 Å². The Kier molecular flexibility index (Phi) is 7.53. The molecule has 0 rings (SSSR count). The summed E-state index contributed by atoms with van der Waals surface area (Å²) in [6.07, 6.45) is 2.15. The van der Waals surface area contributed by atoms with Crippen LogP contribution in [-0.2, 0) is 9.53 Å². The molecule has 0 spiro atoms. The zero-order valence-corrected chi connectivity index (χ0v) is 12.8. The van der Waals surface area contributed by atoms with Crippen LogP contribution in [0, 0.1) is 17.3 Å². The molecule has 108 valence electrons. The van der Waals surface area contributed by atoms with E-state index in [1.54, 1.807) is 0 Å². The Morgan fingerprint density at radius 3 is 2.00 bits per heavy atom. The normalized spacial score (nSPS) is 15.6. The number of carbonyl (C=O) groups is 1. The molecule has 0 aliphatic rings. The van der Waals surface area contributed by atoms with E-state index in [0.717, 1.165) is 19.3 Å². The highest BCUT2D eigenvalue weighted by atomic mass is 16.5. The lowest BCUT2D eigenvalue weighted by Gasteiger charge is -2.39. The van der Waals surface area contributed by atoms with Gasteiger partial charge < -0.3 is 9.84 Å². The first kappa shape index (κ1) is 17.4. The first-order valence-electron chi connectivity index (χ1n) is 7.19. The van der Waals surface area contributed by atoms with Gasteiger partial charge in [0.2, 0.25) is 0 Å². The maximum atomic E-state index is 11.6. The highest BCUT2D eigenvalue weighted by Crippen LogP contribution is 2.36. The first-order chi connectivity index (χ1) is 8.34. The Bertz CT molecular complexity index is 244. The highest BCUT2D eigenvalue weighted by Gasteiger charge is 2.38. The predicted octanol–water partition coefficient (Wildman–Crippen LogP) is 3.40. The van der Waals surface area contributed by atoms with Crippen LogP contribution in [0.5, 0.6) is 0 Å². The number of ether oxygens (including phenoxy) is 1. The van der Waals surface area contributed by atoms with Crippen LogP contribution in [-0.4, -0.2) is 23.8 Å². The molecule has 0 amide bonds. The van der Waals surface area contributed by atoms with Gasteiger partial charge in [0.15, 0.2) is 0 Å². The topological polar surface area (TPSA) is 46.5 Å². The van der Waals surface area contributed by atoms with Crippen LogP contribution in [0.2, 0.25) is 0 Å². The van der Waals surface area contributed by atoms with Crippen molar-refractivity contribution in [3.63, 3.8) is 0 Å². The van der Waals surface area contributed by atoms with E-state index in [2.05, 4.69) is 27.7 Å². The number of hydrogen-bond donors (Lipinski definition) is 1. The van der Waals surface area contributed by atoms with Crippen molar-refractivity contribution in [3.8, 4) is 0 Å². The second-order valence-corrected chi connectivity index (χ2v) is 5.66. The Morgan fingerprint density at radius 2 is 1.67 bits per heavy atom. The van der Waals surface area contributed by atoms with Crippen LogP contribution in [0.15, 0.2) is 0 Å². The second kappa shape index (κ2) is 7.78. The van der Waals surface area contributed by atoms with E-state index in [4.69, 9.17) is 4.74 Å². The number of esters is 1. The van der Waals surface area contributed by atoms with E-state index in [9.17, 15) is 9.90 Å². The molecule has 0 aliphatic carbocycles. The number of hydrogen-bond acceptors (Lipinski definition) is 3. The summed E-state index contributed by atoms with van der Waals surface area (Å²) >= 11 is 0. The molecule has 0 radical (unpaired) electrons. The van der Waals surface area contributed by atoms with Gasteiger partial charge in [-0.3, -0.25) is 4.79 Å². The molecule has 0 aliphatic heterocycles. The predicted molar refractivity (Wildman–Crippen MR) is 74.3 cm³/mol. The fourth-order valence-electron chi connectivity index (χ4n) is 2.17. The van der Waals surface area contributed by atoms with Crippen LogP contribution in [0.25, 0.3) is 0 Å². The molecule has 0 saturated heterocycles. The monoisotopic (exact) mass is 258 g/mol. The van der Waals surface area contributed by atoms with Crippen molar-refractivity contribution >= 4 is 5.97 Å². The molecule has 0 aromatic rings. The third kappa shape index (κ3) is 4.27. The number of carbonyl (C=O) groups excluding carboxylic acids is 1. The van der Waals surface area contributed by atoms with Crippen LogP contribution in [0.4, 0.5) is 0 Å². The largest absolute Gasteiger partial charge is 0.465 e. The maximum absolute atomic E-state index is 11.6. The van der Waals surface area contributed by atoms with Gasteiger partial charge >= 0.3 is 5.97 Å². The number of aliphatic hydroxyl groups is 1. The summed E-state index contributed by atoms with van der Waals surface area (Å²) in [7, 11) is 0. The summed E-state index contributed by atoms with van der Waals surface area (Å²) in [5.41, 5.74) is -0.306. The van der Waals surface area contributed by atoms with Crippen molar-refractivity contribution in [2.24, 2.45) is 17.3 Å². The molecule has 3 nitrogen and oxygen atoms in total. The van der Waals surface area contributed by atoms with Gasteiger partial charge in [-0.25, -0.2) is 0 Å². The fourth-order valence-corrected chi connectivity index (χ4v) is 2.17. The van der Waals surface area contributed by atoms with Crippen molar-refractivity contribution in [2.45, 2.75) is 66.9 Å². The van der Waals surface area contributed by atoms with Gasteiger partial charge in [0.25, 0.3) is 0 Å². The highest BCUT2D eigenvalue weighted by molar-refractivity contribution is 5.71. The van der Waals surface area contributed by atoms with Gasteiger partial charge in [-0.15, -0.1) is 0 Å². The Balaban J connectivity index is 4.76. The molecule has 0 fully saturated rings. The van der Waals surface area contributed by atoms with Crippen molar-refractivity contribution in [3.05, 3.63) is 0 Å². The Morgan fingerprint density at radius 1 is 1.17 bits per heavy atom. The van der Waals surface area contributed by atoms with Crippen LogP contribution >= 0.6 is 0 Å². The van der Waals surface area contributed by atoms with Gasteiger partial charge in [-0.2, -0.15) is 0 Å². The fraction of sp³-hybridized carbons (Fsp3) is 0.933. The molecule has 3 heteroatoms. The first-order valence-corrected chi connectivity index (χ1v) is 7.19. The van der Waals surface area contributed by atoms with Gasteiger partial charge in [-0.05, 0) is 18.8 Å². The average molecular weight is 258 g/mol. The van der Waals surface area contributed by atoms with E-state index in [-0.39, 0.29) is 23.2 Å². The summed E-state index contributed by atoms with van der Waals surface area (Å²) in [5.74, 6) is -0.0718. The summed E-state index contributed by atoms with van der Waals surface area (Å²) in [4.78, 5) is 11.6. The molecule has 18 heavy (non-hydrogen) atoms. The van der Waals surface area contributed by atoms with Gasteiger partial charge in [-0.1, -0.05) is 48.0 Å². The van der Waals surface area contributed by atoms with Gasteiger partial charge in [0.1, 0.15) is 0 Å². The minimum absolute atomic E-state index is 0.114. The van der Waals surface area contributed by atoms with Crippen LogP contribution < -0.4 is 0 Å². The molecule has 0 aromatic carbocycles. The van der Waals surface area contributed by atoms with Crippen molar-refractivity contribution in [2.75, 3.05) is 6.61 Å². The molecule has 2 atom stereocenters. The molecule has 0 heterocycles. The molecule has 0 aromatic heterocycles. The van der Waals surface area contributed by atoms with Gasteiger partial charge in [0.05, 0.1) is 18.6 Å². The summed E-state index contributed by atoms with van der Waals surface area (Å²) < 4.78 is 5.37. The lowest BCUT2D eigenvalue weighted by atomic mass is 9.72. The molecule has 0 bridgehead atoms. The summed E-state index contributed by atoms with van der Waals surface area (Å²) in [6, 6.07) is 0. The molecule has 0 saturated carbocycles. The quantitative estimate of drug-likeness (QED) is 0.679. The van der Waals surface area contributed by atoms with E-state index >= 15 is 0 Å². The standard InChI is InChI=1S/C15H30O3/c1-7-12(6)13(16)15(8-2,9-3)10-18-14(17)11(4)5/h11-13,16H,7-10H2,1-6H3. The van der Waals surface area contributed by atoms with E-state index in [1.165, 1.54) is 0 Å². The maximum Gasteiger partial charge on any atom is 0.308 e. The minimum atomic E-state index is -0.419. The van der Waals surface area contributed by atoms with E-state index in [1.807, 2.05) is 13.8 Å². The Hall–Kier alpha value is -0.570. The average Bonchev–Trinajstić information content (AvgIpc) is 2.38.